The van der Waals surface area contributed by atoms with E-state index in [1.165, 1.54) is 0 Å². The molecule has 2 aromatic rings. The molecule has 2 rings (SSSR count). The van der Waals surface area contributed by atoms with Crippen molar-refractivity contribution in [3.05, 3.63) is 30.5 Å². The number of carboxylic acids is 1. The number of nitrogen functional groups attached to an aromatic ring is 1. The molecule has 18 heavy (non-hydrogen) atoms. The fourth-order valence-electron chi connectivity index (χ4n) is 1.84. The summed E-state index contributed by atoms with van der Waals surface area (Å²) in [5, 5.41) is 13.6. The van der Waals surface area contributed by atoms with Crippen molar-refractivity contribution in [1.29, 1.82) is 0 Å². The lowest BCUT2D eigenvalue weighted by atomic mass is 10.1. The Hall–Kier alpha value is -2.30. The molecule has 0 amide bonds. The van der Waals surface area contributed by atoms with Crippen LogP contribution in [0.25, 0.3) is 10.8 Å². The average Bonchev–Trinajstić information content (AvgIpc) is 2.34. The van der Waals surface area contributed by atoms with Crippen LogP contribution in [0.2, 0.25) is 0 Å². The van der Waals surface area contributed by atoms with Gasteiger partial charge in [-0.3, -0.25) is 4.79 Å². The second-order valence-electron chi connectivity index (χ2n) is 4.03. The molecule has 0 spiro atoms. The summed E-state index contributed by atoms with van der Waals surface area (Å²) in [4.78, 5) is 14.7. The Balaban J connectivity index is 2.15. The Labute approximate surface area is 105 Å². The molecule has 1 aromatic heterocycles. The first kappa shape index (κ1) is 12.2. The number of pyridine rings is 1. The highest BCUT2D eigenvalue weighted by Gasteiger charge is 2.05. The zero-order chi connectivity index (χ0) is 13.0. The number of hydrogen-bond acceptors (Lipinski definition) is 4. The third-order valence-electron chi connectivity index (χ3n) is 2.68. The number of anilines is 2. The molecule has 0 aliphatic rings. The molecule has 0 aliphatic carbocycles. The smallest absolute Gasteiger partial charge is 0.303 e. The number of aromatic nitrogens is 1. The predicted octanol–water partition coefficient (Wildman–Crippen LogP) is 2.09. The largest absolute Gasteiger partial charge is 0.481 e. The lowest BCUT2D eigenvalue weighted by Gasteiger charge is -2.09. The van der Waals surface area contributed by atoms with Crippen molar-refractivity contribution in [2.24, 2.45) is 0 Å². The average molecular weight is 245 g/mol. The number of carbonyl (C=O) groups is 1. The third kappa shape index (κ3) is 2.68. The summed E-state index contributed by atoms with van der Waals surface area (Å²) in [5.41, 5.74) is 6.60. The topological polar surface area (TPSA) is 88.2 Å². The first-order valence-corrected chi connectivity index (χ1v) is 5.77. The molecule has 4 N–H and O–H groups in total. The Kier molecular flexibility index (Phi) is 3.62. The van der Waals surface area contributed by atoms with E-state index in [1.807, 2.05) is 24.3 Å². The van der Waals surface area contributed by atoms with Gasteiger partial charge in [-0.15, -0.1) is 0 Å². The molecule has 0 unspecified atom stereocenters. The molecule has 94 valence electrons. The van der Waals surface area contributed by atoms with E-state index in [-0.39, 0.29) is 6.42 Å². The summed E-state index contributed by atoms with van der Waals surface area (Å²) >= 11 is 0. The molecule has 0 aliphatic heterocycles. The fraction of sp³-hybridized carbons (Fsp3) is 0.231. The van der Waals surface area contributed by atoms with E-state index < -0.39 is 5.97 Å². The van der Waals surface area contributed by atoms with Crippen molar-refractivity contribution in [3.8, 4) is 0 Å². The number of fused-ring (bicyclic) bond motifs is 1. The highest BCUT2D eigenvalue weighted by molar-refractivity contribution is 6.00. The summed E-state index contributed by atoms with van der Waals surface area (Å²) in [6.07, 6.45) is 2.41. The van der Waals surface area contributed by atoms with Crippen molar-refractivity contribution in [2.45, 2.75) is 12.8 Å². The molecule has 5 nitrogen and oxygen atoms in total. The minimum Gasteiger partial charge on any atom is -0.481 e. The first-order valence-electron chi connectivity index (χ1n) is 5.77. The van der Waals surface area contributed by atoms with Gasteiger partial charge in [0.15, 0.2) is 0 Å². The highest BCUT2D eigenvalue weighted by atomic mass is 16.4. The van der Waals surface area contributed by atoms with Gasteiger partial charge in [-0.05, 0) is 23.9 Å². The number of nitrogens with zero attached hydrogens (tertiary/aromatic N) is 1. The standard InChI is InChI=1S/C13H15N3O2/c14-10-4-1-3-9-6-8-16-13(12(9)10)15-7-2-5-11(17)18/h1,3-4,6,8H,2,5,7,14H2,(H,15,16)(H,17,18). The summed E-state index contributed by atoms with van der Waals surface area (Å²) in [6, 6.07) is 7.59. The van der Waals surface area contributed by atoms with Crippen molar-refractivity contribution in [1.82, 2.24) is 4.98 Å². The zero-order valence-corrected chi connectivity index (χ0v) is 9.89. The zero-order valence-electron chi connectivity index (χ0n) is 9.89. The van der Waals surface area contributed by atoms with E-state index in [4.69, 9.17) is 10.8 Å². The van der Waals surface area contributed by atoms with Crippen molar-refractivity contribution >= 4 is 28.2 Å². The van der Waals surface area contributed by atoms with E-state index in [9.17, 15) is 4.79 Å². The van der Waals surface area contributed by atoms with Gasteiger partial charge in [0.2, 0.25) is 0 Å². The highest BCUT2D eigenvalue weighted by Crippen LogP contribution is 2.26. The maximum atomic E-state index is 10.4. The molecule has 5 heteroatoms. The first-order chi connectivity index (χ1) is 8.68. The Morgan fingerprint density at radius 1 is 1.39 bits per heavy atom. The van der Waals surface area contributed by atoms with Gasteiger partial charge < -0.3 is 16.2 Å². The molecule has 1 heterocycles. The number of aliphatic carboxylic acids is 1. The van der Waals surface area contributed by atoms with E-state index in [0.29, 0.717) is 24.5 Å². The Morgan fingerprint density at radius 3 is 3.00 bits per heavy atom. The molecule has 0 atom stereocenters. The van der Waals surface area contributed by atoms with Gasteiger partial charge in [-0.1, -0.05) is 12.1 Å². The molecule has 0 radical (unpaired) electrons. The maximum Gasteiger partial charge on any atom is 0.303 e. The summed E-state index contributed by atoms with van der Waals surface area (Å²) in [5.74, 6) is -0.0850. The molecule has 0 saturated carbocycles. The van der Waals surface area contributed by atoms with E-state index in [2.05, 4.69) is 10.3 Å². The summed E-state index contributed by atoms with van der Waals surface area (Å²) in [7, 11) is 0. The summed E-state index contributed by atoms with van der Waals surface area (Å²) < 4.78 is 0. The predicted molar refractivity (Wildman–Crippen MR) is 71.5 cm³/mol. The van der Waals surface area contributed by atoms with Gasteiger partial charge in [-0.25, -0.2) is 4.98 Å². The molecular formula is C13H15N3O2. The van der Waals surface area contributed by atoms with Crippen LogP contribution in [-0.4, -0.2) is 22.6 Å². The molecular weight excluding hydrogens is 230 g/mol. The molecule has 0 fully saturated rings. The summed E-state index contributed by atoms with van der Waals surface area (Å²) in [6.45, 7) is 0.562. The number of rotatable bonds is 5. The van der Waals surface area contributed by atoms with Crippen molar-refractivity contribution in [3.63, 3.8) is 0 Å². The number of hydrogen-bond donors (Lipinski definition) is 3. The lowest BCUT2D eigenvalue weighted by Crippen LogP contribution is -2.07. The lowest BCUT2D eigenvalue weighted by molar-refractivity contribution is -0.137. The quantitative estimate of drug-likeness (QED) is 0.554. The van der Waals surface area contributed by atoms with Crippen LogP contribution in [0.4, 0.5) is 11.5 Å². The van der Waals surface area contributed by atoms with Crippen LogP contribution < -0.4 is 11.1 Å². The van der Waals surface area contributed by atoms with E-state index >= 15 is 0 Å². The SMILES string of the molecule is Nc1cccc2ccnc(NCCCC(=O)O)c12. The maximum absolute atomic E-state index is 10.4. The van der Waals surface area contributed by atoms with Crippen molar-refractivity contribution in [2.75, 3.05) is 17.6 Å². The number of nitrogens with one attached hydrogen (secondary N) is 1. The van der Waals surface area contributed by atoms with Crippen LogP contribution >= 0.6 is 0 Å². The van der Waals surface area contributed by atoms with Gasteiger partial charge in [0.1, 0.15) is 5.82 Å². The second-order valence-corrected chi connectivity index (χ2v) is 4.03. The van der Waals surface area contributed by atoms with Gasteiger partial charge in [-0.2, -0.15) is 0 Å². The van der Waals surface area contributed by atoms with Gasteiger partial charge in [0.25, 0.3) is 0 Å². The third-order valence-corrected chi connectivity index (χ3v) is 2.68. The number of carboxylic acid groups (broad SMARTS) is 1. The van der Waals surface area contributed by atoms with Crippen LogP contribution in [0.1, 0.15) is 12.8 Å². The number of nitrogens with two attached hydrogens (primary N) is 1. The Bertz CT molecular complexity index is 564. The van der Waals surface area contributed by atoms with E-state index in [1.54, 1.807) is 6.20 Å². The van der Waals surface area contributed by atoms with Gasteiger partial charge >= 0.3 is 5.97 Å². The second kappa shape index (κ2) is 5.35. The molecule has 0 saturated heterocycles. The monoisotopic (exact) mass is 245 g/mol. The number of benzene rings is 1. The van der Waals surface area contributed by atoms with Crippen molar-refractivity contribution < 1.29 is 9.90 Å². The molecule has 0 bridgehead atoms. The van der Waals surface area contributed by atoms with Gasteiger partial charge in [0, 0.05) is 30.2 Å². The van der Waals surface area contributed by atoms with E-state index in [0.717, 1.165) is 10.8 Å². The van der Waals surface area contributed by atoms with Crippen LogP contribution in [0.15, 0.2) is 30.5 Å². The Morgan fingerprint density at radius 2 is 2.22 bits per heavy atom. The fourth-order valence-corrected chi connectivity index (χ4v) is 1.84. The molecule has 1 aromatic carbocycles. The minimum atomic E-state index is -0.790. The van der Waals surface area contributed by atoms with Crippen LogP contribution in [0.5, 0.6) is 0 Å². The van der Waals surface area contributed by atoms with Crippen LogP contribution in [0.3, 0.4) is 0 Å². The van der Waals surface area contributed by atoms with Crippen LogP contribution in [0, 0.1) is 0 Å². The van der Waals surface area contributed by atoms with Crippen LogP contribution in [-0.2, 0) is 4.79 Å². The van der Waals surface area contributed by atoms with Gasteiger partial charge in [0.05, 0.1) is 0 Å². The minimum absolute atomic E-state index is 0.146. The normalized spacial score (nSPS) is 10.4.